The lowest BCUT2D eigenvalue weighted by atomic mass is 9.87. The largest absolute Gasteiger partial charge is 0.495 e. The van der Waals surface area contributed by atoms with Crippen molar-refractivity contribution >= 4 is 29.0 Å². The number of fused-ring (bicyclic) bond motifs is 1. The second kappa shape index (κ2) is 8.45. The van der Waals surface area contributed by atoms with Crippen LogP contribution in [0, 0.1) is 0 Å². The lowest BCUT2D eigenvalue weighted by Crippen LogP contribution is -2.55. The van der Waals surface area contributed by atoms with E-state index in [1.807, 2.05) is 12.1 Å². The lowest BCUT2D eigenvalue weighted by molar-refractivity contribution is -0.119. The van der Waals surface area contributed by atoms with Gasteiger partial charge in [-0.1, -0.05) is 45.8 Å². The fraction of sp³-hybridized carbons (Fsp3) is 0.480. The van der Waals surface area contributed by atoms with Crippen molar-refractivity contribution in [1.29, 1.82) is 0 Å². The Labute approximate surface area is 190 Å². The summed E-state index contributed by atoms with van der Waals surface area (Å²) in [6.45, 7) is 10.5. The number of carbonyl (C=O) groups excluding carboxylic acids is 1. The number of carbonyl (C=O) groups is 1. The third-order valence-corrected chi connectivity index (χ3v) is 6.49. The predicted molar refractivity (Wildman–Crippen MR) is 129 cm³/mol. The van der Waals surface area contributed by atoms with Crippen molar-refractivity contribution in [1.82, 2.24) is 9.97 Å². The summed E-state index contributed by atoms with van der Waals surface area (Å²) in [6, 6.07) is 6.00. The topological polar surface area (TPSA) is 70.6 Å². The summed E-state index contributed by atoms with van der Waals surface area (Å²) in [5, 5.41) is 3.32. The second-order valence-electron chi connectivity index (χ2n) is 9.62. The molecule has 2 aromatic rings. The Bertz CT molecular complexity index is 1020. The van der Waals surface area contributed by atoms with Crippen LogP contribution < -0.4 is 19.9 Å². The first kappa shape index (κ1) is 22.1. The van der Waals surface area contributed by atoms with Gasteiger partial charge in [-0.2, -0.15) is 4.98 Å². The van der Waals surface area contributed by atoms with Crippen LogP contribution in [0.2, 0.25) is 0 Å². The average molecular weight is 436 g/mol. The number of ether oxygens (including phenoxy) is 1. The maximum atomic E-state index is 13.0. The zero-order valence-corrected chi connectivity index (χ0v) is 19.7. The summed E-state index contributed by atoms with van der Waals surface area (Å²) in [7, 11) is 3.44. The highest BCUT2D eigenvalue weighted by Crippen LogP contribution is 2.40. The molecule has 170 valence electrons. The van der Waals surface area contributed by atoms with E-state index < -0.39 is 6.04 Å². The third kappa shape index (κ3) is 3.92. The zero-order valence-electron chi connectivity index (χ0n) is 19.7. The van der Waals surface area contributed by atoms with Gasteiger partial charge in [-0.15, -0.1) is 6.58 Å². The molecule has 1 saturated carbocycles. The van der Waals surface area contributed by atoms with Gasteiger partial charge in [0.05, 0.1) is 19.0 Å². The molecule has 7 heteroatoms. The van der Waals surface area contributed by atoms with E-state index in [4.69, 9.17) is 9.72 Å². The van der Waals surface area contributed by atoms with E-state index in [9.17, 15) is 4.79 Å². The van der Waals surface area contributed by atoms with Crippen LogP contribution in [0.15, 0.2) is 37.1 Å². The van der Waals surface area contributed by atoms with Gasteiger partial charge in [-0.05, 0) is 36.0 Å². The molecule has 1 N–H and O–H groups in total. The van der Waals surface area contributed by atoms with Gasteiger partial charge < -0.3 is 19.9 Å². The maximum absolute atomic E-state index is 13.0. The minimum Gasteiger partial charge on any atom is -0.495 e. The highest BCUT2D eigenvalue weighted by molar-refractivity contribution is 6.05. The molecule has 1 aliphatic heterocycles. The minimum atomic E-state index is -0.418. The fourth-order valence-electron chi connectivity index (χ4n) is 4.60. The number of methoxy groups -OCH3 is 1. The van der Waals surface area contributed by atoms with Gasteiger partial charge >= 0.3 is 0 Å². The Kier molecular flexibility index (Phi) is 5.84. The number of hydrogen-bond donors (Lipinski definition) is 1. The summed E-state index contributed by atoms with van der Waals surface area (Å²) >= 11 is 0. The van der Waals surface area contributed by atoms with Crippen molar-refractivity contribution in [2.75, 3.05) is 29.3 Å². The number of likely N-dealkylation sites (N-methyl/N-ethyl adjacent to an activating group) is 1. The van der Waals surface area contributed by atoms with Crippen LogP contribution in [0.4, 0.5) is 23.1 Å². The fourth-order valence-corrected chi connectivity index (χ4v) is 4.60. The molecule has 7 nitrogen and oxygen atoms in total. The van der Waals surface area contributed by atoms with E-state index in [1.165, 1.54) is 5.56 Å². The van der Waals surface area contributed by atoms with Crippen LogP contribution in [-0.2, 0) is 10.2 Å². The van der Waals surface area contributed by atoms with E-state index >= 15 is 0 Å². The summed E-state index contributed by atoms with van der Waals surface area (Å²) < 4.78 is 5.64. The average Bonchev–Trinajstić information content (AvgIpc) is 3.29. The Balaban J connectivity index is 1.72. The molecule has 32 heavy (non-hydrogen) atoms. The van der Waals surface area contributed by atoms with Crippen LogP contribution >= 0.6 is 0 Å². The minimum absolute atomic E-state index is 0.00291. The molecule has 1 aromatic carbocycles. The Morgan fingerprint density at radius 3 is 2.59 bits per heavy atom. The van der Waals surface area contributed by atoms with Crippen molar-refractivity contribution in [3.63, 3.8) is 0 Å². The van der Waals surface area contributed by atoms with E-state index in [1.54, 1.807) is 31.3 Å². The van der Waals surface area contributed by atoms with Crippen molar-refractivity contribution < 1.29 is 9.53 Å². The van der Waals surface area contributed by atoms with Crippen LogP contribution in [0.3, 0.4) is 0 Å². The van der Waals surface area contributed by atoms with E-state index in [2.05, 4.69) is 48.6 Å². The molecule has 0 bridgehead atoms. The molecule has 4 rings (SSSR count). The second-order valence-corrected chi connectivity index (χ2v) is 9.62. The summed E-state index contributed by atoms with van der Waals surface area (Å²) in [4.78, 5) is 26.1. The van der Waals surface area contributed by atoms with Gasteiger partial charge in [0, 0.05) is 13.1 Å². The summed E-state index contributed by atoms with van der Waals surface area (Å²) in [5.74, 6) is 1.98. The molecule has 0 spiro atoms. The van der Waals surface area contributed by atoms with Crippen LogP contribution in [0.5, 0.6) is 5.75 Å². The van der Waals surface area contributed by atoms with Crippen molar-refractivity contribution in [3.05, 3.63) is 42.6 Å². The SMILES string of the molecule is C=C[C@@H]1C(=O)N(C)c2cnc(Nc3ccc(C(C)(C)C)cc3OC)nc2N1C1CCCC1. The molecule has 1 aliphatic carbocycles. The number of benzene rings is 1. The summed E-state index contributed by atoms with van der Waals surface area (Å²) in [6.07, 6.45) is 7.88. The molecule has 0 saturated heterocycles. The van der Waals surface area contributed by atoms with Gasteiger partial charge in [0.1, 0.15) is 17.5 Å². The maximum Gasteiger partial charge on any atom is 0.253 e. The molecule has 2 heterocycles. The Hall–Kier alpha value is -3.09. The van der Waals surface area contributed by atoms with Crippen molar-refractivity contribution in [3.8, 4) is 5.75 Å². The molecule has 0 unspecified atom stereocenters. The first-order valence-corrected chi connectivity index (χ1v) is 11.3. The molecule has 0 radical (unpaired) electrons. The van der Waals surface area contributed by atoms with Gasteiger partial charge in [0.15, 0.2) is 5.82 Å². The first-order chi connectivity index (χ1) is 15.2. The highest BCUT2D eigenvalue weighted by atomic mass is 16.5. The number of nitrogens with zero attached hydrogens (tertiary/aromatic N) is 4. The Morgan fingerprint density at radius 1 is 1.25 bits per heavy atom. The van der Waals surface area contributed by atoms with Crippen LogP contribution in [-0.4, -0.2) is 42.1 Å². The molecule has 1 fully saturated rings. The van der Waals surface area contributed by atoms with E-state index in [-0.39, 0.29) is 17.4 Å². The number of hydrogen-bond acceptors (Lipinski definition) is 6. The monoisotopic (exact) mass is 435 g/mol. The Morgan fingerprint density at radius 2 is 1.97 bits per heavy atom. The molecule has 1 aromatic heterocycles. The lowest BCUT2D eigenvalue weighted by Gasteiger charge is -2.42. The molecule has 2 aliphatic rings. The van der Waals surface area contributed by atoms with Gasteiger partial charge in [-0.3, -0.25) is 4.79 Å². The number of amides is 1. The van der Waals surface area contributed by atoms with E-state index in [0.29, 0.717) is 5.95 Å². The quantitative estimate of drug-likeness (QED) is 0.680. The number of anilines is 4. The molecule has 1 amide bonds. The normalized spacial score (nSPS) is 19.2. The van der Waals surface area contributed by atoms with E-state index in [0.717, 1.165) is 48.6 Å². The molecule has 1 atom stereocenters. The highest BCUT2D eigenvalue weighted by Gasteiger charge is 2.40. The van der Waals surface area contributed by atoms with Crippen LogP contribution in [0.1, 0.15) is 52.0 Å². The van der Waals surface area contributed by atoms with Crippen molar-refractivity contribution in [2.45, 2.75) is 64.0 Å². The number of nitrogens with one attached hydrogen (secondary N) is 1. The summed E-state index contributed by atoms with van der Waals surface area (Å²) in [5.41, 5.74) is 2.73. The standard InChI is InChI=1S/C25H33N5O2/c1-7-19-23(31)29(5)20-15-26-24(28-22(20)30(19)17-10-8-9-11-17)27-18-13-12-16(25(2,3)4)14-21(18)32-6/h7,12-15,17,19H,1,8-11H2,2-6H3,(H,26,27,28)/t19-/m1/s1. The molecular weight excluding hydrogens is 402 g/mol. The third-order valence-electron chi connectivity index (χ3n) is 6.49. The van der Waals surface area contributed by atoms with Gasteiger partial charge in [0.25, 0.3) is 5.91 Å². The predicted octanol–water partition coefficient (Wildman–Crippen LogP) is 4.81. The smallest absolute Gasteiger partial charge is 0.253 e. The number of aromatic nitrogens is 2. The first-order valence-electron chi connectivity index (χ1n) is 11.3. The van der Waals surface area contributed by atoms with Gasteiger partial charge in [0.2, 0.25) is 5.95 Å². The van der Waals surface area contributed by atoms with Crippen molar-refractivity contribution in [2.24, 2.45) is 0 Å². The molecular formula is C25H33N5O2. The number of rotatable bonds is 5. The zero-order chi connectivity index (χ0) is 23.0. The van der Waals surface area contributed by atoms with Gasteiger partial charge in [-0.25, -0.2) is 4.98 Å². The van der Waals surface area contributed by atoms with Crippen LogP contribution in [0.25, 0.3) is 0 Å².